The average Bonchev–Trinajstić information content (AvgIpc) is 2.59. The van der Waals surface area contributed by atoms with Crippen molar-refractivity contribution in [1.29, 1.82) is 0 Å². The van der Waals surface area contributed by atoms with Crippen LogP contribution in [0, 0.1) is 0 Å². The number of hydrogen-bond acceptors (Lipinski definition) is 1. The summed E-state index contributed by atoms with van der Waals surface area (Å²) in [5.41, 5.74) is 5.16. The molecule has 2 nitrogen and oxygen atoms in total. The Morgan fingerprint density at radius 2 is 1.96 bits per heavy atom. The fourth-order valence-electron chi connectivity index (χ4n) is 4.65. The van der Waals surface area contributed by atoms with E-state index in [-0.39, 0.29) is 11.3 Å². The summed E-state index contributed by atoms with van der Waals surface area (Å²) in [6, 6.07) is 15.1. The van der Waals surface area contributed by atoms with Crippen LogP contribution in [0.25, 0.3) is 11.1 Å². The van der Waals surface area contributed by atoms with E-state index in [1.54, 1.807) is 0 Å². The van der Waals surface area contributed by atoms with Crippen LogP contribution in [0.5, 0.6) is 0 Å². The van der Waals surface area contributed by atoms with Crippen LogP contribution in [0.3, 0.4) is 0 Å². The van der Waals surface area contributed by atoms with Crippen molar-refractivity contribution in [2.24, 2.45) is 0 Å². The van der Waals surface area contributed by atoms with Gasteiger partial charge in [0.15, 0.2) is 0 Å². The topological polar surface area (TPSA) is 20.3 Å². The van der Waals surface area contributed by atoms with E-state index in [9.17, 15) is 4.79 Å². The molecule has 24 heavy (non-hydrogen) atoms. The molecule has 1 aliphatic carbocycles. The number of carbonyl (C=O) groups is 1. The molecule has 0 aromatic heterocycles. The summed E-state index contributed by atoms with van der Waals surface area (Å²) in [7, 11) is 1.97. The van der Waals surface area contributed by atoms with Crippen molar-refractivity contribution in [2.45, 2.75) is 44.1 Å². The van der Waals surface area contributed by atoms with Gasteiger partial charge in [0.1, 0.15) is 0 Å². The van der Waals surface area contributed by atoms with Crippen molar-refractivity contribution in [3.63, 3.8) is 0 Å². The van der Waals surface area contributed by atoms with Gasteiger partial charge in [-0.2, -0.15) is 0 Å². The van der Waals surface area contributed by atoms with Gasteiger partial charge in [-0.15, -0.1) is 0 Å². The first-order valence-corrected chi connectivity index (χ1v) is 9.02. The van der Waals surface area contributed by atoms with Gasteiger partial charge in [-0.3, -0.25) is 4.79 Å². The highest BCUT2D eigenvalue weighted by molar-refractivity contribution is 6.33. The first-order valence-electron chi connectivity index (χ1n) is 8.65. The molecule has 4 rings (SSSR count). The van der Waals surface area contributed by atoms with Gasteiger partial charge in [0, 0.05) is 35.5 Å². The summed E-state index contributed by atoms with van der Waals surface area (Å²) in [5, 5.41) is 0.792. The second-order valence-electron chi connectivity index (χ2n) is 7.33. The predicted octanol–water partition coefficient (Wildman–Crippen LogP) is 4.83. The number of aryl methyl sites for hydroxylation is 1. The lowest BCUT2D eigenvalue weighted by Crippen LogP contribution is -2.56. The van der Waals surface area contributed by atoms with E-state index >= 15 is 0 Å². The van der Waals surface area contributed by atoms with Crippen LogP contribution in [-0.4, -0.2) is 23.9 Å². The van der Waals surface area contributed by atoms with Crippen LogP contribution >= 0.6 is 11.6 Å². The second-order valence-corrected chi connectivity index (χ2v) is 7.74. The van der Waals surface area contributed by atoms with Crippen LogP contribution < -0.4 is 0 Å². The van der Waals surface area contributed by atoms with Gasteiger partial charge in [0.25, 0.3) is 0 Å². The van der Waals surface area contributed by atoms with Crippen molar-refractivity contribution in [3.05, 3.63) is 58.6 Å². The van der Waals surface area contributed by atoms with Gasteiger partial charge in [-0.05, 0) is 42.0 Å². The fraction of sp³-hybridized carbons (Fsp3) is 0.381. The van der Waals surface area contributed by atoms with E-state index in [2.05, 4.69) is 31.2 Å². The molecule has 1 fully saturated rings. The Kier molecular flexibility index (Phi) is 3.69. The first kappa shape index (κ1) is 15.7. The van der Waals surface area contributed by atoms with E-state index in [1.807, 2.05) is 30.1 Å². The molecule has 1 aliphatic heterocycles. The summed E-state index contributed by atoms with van der Waals surface area (Å²) in [6.07, 6.45) is 3.65. The van der Waals surface area contributed by atoms with E-state index < -0.39 is 0 Å². The van der Waals surface area contributed by atoms with Crippen LogP contribution in [0.1, 0.15) is 37.3 Å². The highest BCUT2D eigenvalue weighted by Crippen LogP contribution is 2.46. The van der Waals surface area contributed by atoms with Gasteiger partial charge in [0.05, 0.1) is 0 Å². The highest BCUT2D eigenvalue weighted by Gasteiger charge is 2.46. The van der Waals surface area contributed by atoms with Crippen molar-refractivity contribution in [2.75, 3.05) is 7.05 Å². The number of nitrogens with zero attached hydrogens (tertiary/aromatic N) is 1. The van der Waals surface area contributed by atoms with E-state index in [1.165, 1.54) is 16.7 Å². The van der Waals surface area contributed by atoms with Gasteiger partial charge in [-0.1, -0.05) is 54.9 Å². The molecule has 0 bridgehead atoms. The van der Waals surface area contributed by atoms with E-state index in [4.69, 9.17) is 11.6 Å². The van der Waals surface area contributed by atoms with Crippen molar-refractivity contribution in [1.82, 2.24) is 4.90 Å². The number of piperidine rings is 1. The molecular formula is C21H22ClNO. The monoisotopic (exact) mass is 339 g/mol. The smallest absolute Gasteiger partial charge is 0.222 e. The molecule has 2 aromatic rings. The van der Waals surface area contributed by atoms with Crippen LogP contribution in [0.15, 0.2) is 42.5 Å². The fourth-order valence-corrected chi connectivity index (χ4v) is 4.89. The third kappa shape index (κ3) is 2.28. The molecule has 0 spiro atoms. The Balaban J connectivity index is 1.78. The summed E-state index contributed by atoms with van der Waals surface area (Å²) in [4.78, 5) is 14.1. The Bertz CT molecular complexity index is 815. The molecule has 2 aliphatic rings. The molecule has 3 heteroatoms. The first-order chi connectivity index (χ1) is 11.5. The molecule has 1 unspecified atom stereocenters. The third-order valence-electron chi connectivity index (χ3n) is 6.05. The summed E-state index contributed by atoms with van der Waals surface area (Å²) in [6.45, 7) is 2.33. The number of fused-ring (bicyclic) bond motifs is 3. The maximum absolute atomic E-state index is 12.1. The molecule has 124 valence electrons. The molecular weight excluding hydrogens is 318 g/mol. The number of hydrogen-bond donors (Lipinski definition) is 0. The zero-order chi connectivity index (χ0) is 16.9. The number of rotatable bonds is 1. The van der Waals surface area contributed by atoms with Crippen LogP contribution in [-0.2, 0) is 16.6 Å². The lowest BCUT2D eigenvalue weighted by atomic mass is 9.63. The van der Waals surface area contributed by atoms with E-state index in [0.717, 1.165) is 29.8 Å². The van der Waals surface area contributed by atoms with Crippen LogP contribution in [0.4, 0.5) is 0 Å². The van der Waals surface area contributed by atoms with Crippen molar-refractivity contribution < 1.29 is 4.79 Å². The van der Waals surface area contributed by atoms with Crippen molar-refractivity contribution in [3.8, 4) is 11.1 Å². The molecule has 1 saturated heterocycles. The highest BCUT2D eigenvalue weighted by atomic mass is 35.5. The zero-order valence-electron chi connectivity index (χ0n) is 14.2. The minimum Gasteiger partial charge on any atom is -0.342 e. The van der Waals surface area contributed by atoms with Gasteiger partial charge < -0.3 is 4.90 Å². The Labute approximate surface area is 148 Å². The quantitative estimate of drug-likeness (QED) is 0.728. The number of likely N-dealkylation sites (N-methyl/N-ethyl adjacent to an activating group) is 1. The molecule has 1 amide bonds. The molecule has 0 saturated carbocycles. The third-order valence-corrected chi connectivity index (χ3v) is 6.38. The van der Waals surface area contributed by atoms with Crippen molar-refractivity contribution >= 4 is 17.5 Å². The number of amides is 1. The summed E-state index contributed by atoms with van der Waals surface area (Å²) >= 11 is 6.37. The molecule has 0 radical (unpaired) electrons. The Hall–Kier alpha value is -1.80. The predicted molar refractivity (Wildman–Crippen MR) is 98.4 cm³/mol. The maximum Gasteiger partial charge on any atom is 0.222 e. The lowest BCUT2D eigenvalue weighted by Gasteiger charge is -2.50. The normalized spacial score (nSPS) is 26.0. The SMILES string of the molecule is CN1C(=O)CC[C@]2(C)c3ccc(-c4ccccc4Cl)cc3CCC12. The van der Waals surface area contributed by atoms with Crippen LogP contribution in [0.2, 0.25) is 5.02 Å². The number of likely N-dealkylation sites (tertiary alicyclic amines) is 1. The molecule has 0 N–H and O–H groups in total. The summed E-state index contributed by atoms with van der Waals surface area (Å²) in [5.74, 6) is 0.286. The average molecular weight is 340 g/mol. The minimum atomic E-state index is 0.0647. The molecule has 2 aromatic carbocycles. The number of benzene rings is 2. The maximum atomic E-state index is 12.1. The van der Waals surface area contributed by atoms with E-state index in [0.29, 0.717) is 12.5 Å². The number of halogens is 1. The Morgan fingerprint density at radius 3 is 2.75 bits per heavy atom. The minimum absolute atomic E-state index is 0.0647. The molecule has 2 atom stereocenters. The zero-order valence-corrected chi connectivity index (χ0v) is 14.9. The standard InChI is InChI=1S/C21H22ClNO/c1-21-12-11-20(24)23(2)19(21)10-8-15-13-14(7-9-17(15)21)16-5-3-4-6-18(16)22/h3-7,9,13,19H,8,10-12H2,1-2H3/t19?,21-/m1/s1. The Morgan fingerprint density at radius 1 is 1.17 bits per heavy atom. The van der Waals surface area contributed by atoms with Gasteiger partial charge in [0.2, 0.25) is 5.91 Å². The number of carbonyl (C=O) groups excluding carboxylic acids is 1. The lowest BCUT2D eigenvalue weighted by molar-refractivity contribution is -0.138. The van der Waals surface area contributed by atoms with Gasteiger partial charge >= 0.3 is 0 Å². The largest absolute Gasteiger partial charge is 0.342 e. The molecule has 1 heterocycles. The summed E-state index contributed by atoms with van der Waals surface area (Å²) < 4.78 is 0. The second kappa shape index (κ2) is 5.63. The van der Waals surface area contributed by atoms with Gasteiger partial charge in [-0.25, -0.2) is 0 Å².